The van der Waals surface area contributed by atoms with Crippen molar-refractivity contribution in [3.05, 3.63) is 27.7 Å². The molecule has 3 atom stereocenters. The Bertz CT molecular complexity index is 639. The first kappa shape index (κ1) is 13.1. The first-order chi connectivity index (χ1) is 9.04. The maximum atomic E-state index is 11.4. The highest BCUT2D eigenvalue weighted by Gasteiger charge is 2.39. The summed E-state index contributed by atoms with van der Waals surface area (Å²) >= 11 is 5.08. The van der Waals surface area contributed by atoms with Crippen molar-refractivity contribution in [2.75, 3.05) is 0 Å². The Labute approximate surface area is 123 Å². The zero-order valence-electron chi connectivity index (χ0n) is 10.5. The van der Waals surface area contributed by atoms with Crippen LogP contribution in [0.15, 0.2) is 22.7 Å². The van der Waals surface area contributed by atoms with E-state index in [9.17, 15) is 9.90 Å². The minimum absolute atomic E-state index is 0.0728. The maximum Gasteiger partial charge on any atom is 0.307 e. The highest BCUT2D eigenvalue weighted by molar-refractivity contribution is 9.10. The zero-order valence-corrected chi connectivity index (χ0v) is 12.9. The molecule has 1 aromatic carbocycles. The Morgan fingerprint density at radius 3 is 3.00 bits per heavy atom. The number of carbonyl (C=O) groups is 1. The van der Waals surface area contributed by atoms with E-state index in [1.807, 2.05) is 18.2 Å². The largest absolute Gasteiger partial charge is 0.481 e. The summed E-state index contributed by atoms with van der Waals surface area (Å²) in [5, 5.41) is 10.3. The van der Waals surface area contributed by atoms with Crippen LogP contribution in [0.5, 0.6) is 0 Å². The number of nitrogens with zero attached hydrogens (tertiary/aromatic N) is 1. The molecule has 1 N–H and O–H groups in total. The number of aromatic nitrogens is 1. The molecule has 3 nitrogen and oxygen atoms in total. The minimum atomic E-state index is -0.685. The van der Waals surface area contributed by atoms with Crippen LogP contribution in [0.25, 0.3) is 10.2 Å². The smallest absolute Gasteiger partial charge is 0.307 e. The molecule has 1 aromatic heterocycles. The molecule has 3 unspecified atom stereocenters. The van der Waals surface area contributed by atoms with Gasteiger partial charge >= 0.3 is 5.97 Å². The fourth-order valence-corrected chi connectivity index (χ4v) is 4.61. The lowest BCUT2D eigenvalue weighted by Gasteiger charge is -2.11. The predicted octanol–water partition coefficient (Wildman–Crippen LogP) is 4.27. The Kier molecular flexibility index (Phi) is 3.35. The third kappa shape index (κ3) is 2.41. The Balaban J connectivity index is 2.01. The van der Waals surface area contributed by atoms with Crippen LogP contribution in [0, 0.1) is 11.8 Å². The van der Waals surface area contributed by atoms with E-state index in [-0.39, 0.29) is 11.8 Å². The molecule has 2 aromatic rings. The van der Waals surface area contributed by atoms with Gasteiger partial charge in [0.1, 0.15) is 0 Å². The number of carboxylic acids is 1. The molecule has 3 rings (SSSR count). The summed E-state index contributed by atoms with van der Waals surface area (Å²) in [5.41, 5.74) is 0.965. The molecule has 5 heteroatoms. The Morgan fingerprint density at radius 2 is 2.26 bits per heavy atom. The molecule has 0 spiro atoms. The molecule has 0 aliphatic heterocycles. The topological polar surface area (TPSA) is 50.2 Å². The molecule has 1 fully saturated rings. The molecule has 0 radical (unpaired) electrons. The SMILES string of the molecule is CC1CC(C(=O)O)C(c2nc3ccc(Br)cc3s2)C1. The highest BCUT2D eigenvalue weighted by Crippen LogP contribution is 2.45. The molecule has 1 aliphatic rings. The molecule has 1 heterocycles. The number of hydrogen-bond donors (Lipinski definition) is 1. The van der Waals surface area contributed by atoms with Gasteiger partial charge in [0, 0.05) is 10.4 Å². The van der Waals surface area contributed by atoms with Crippen LogP contribution in [0.1, 0.15) is 30.7 Å². The third-order valence-electron chi connectivity index (χ3n) is 3.80. The second kappa shape index (κ2) is 4.87. The Hall–Kier alpha value is -0.940. The van der Waals surface area contributed by atoms with Crippen molar-refractivity contribution in [2.24, 2.45) is 11.8 Å². The molecule has 0 bridgehead atoms. The highest BCUT2D eigenvalue weighted by atomic mass is 79.9. The summed E-state index contributed by atoms with van der Waals surface area (Å²) in [5.74, 6) is -0.428. The summed E-state index contributed by atoms with van der Waals surface area (Å²) in [7, 11) is 0. The van der Waals surface area contributed by atoms with Gasteiger partial charge in [-0.2, -0.15) is 0 Å². The minimum Gasteiger partial charge on any atom is -0.481 e. The van der Waals surface area contributed by atoms with E-state index in [2.05, 4.69) is 27.8 Å². The number of aliphatic carboxylic acids is 1. The van der Waals surface area contributed by atoms with Crippen LogP contribution < -0.4 is 0 Å². The normalized spacial score (nSPS) is 26.9. The number of hydrogen-bond acceptors (Lipinski definition) is 3. The van der Waals surface area contributed by atoms with Crippen LogP contribution in [0.3, 0.4) is 0 Å². The van der Waals surface area contributed by atoms with Crippen molar-refractivity contribution in [1.82, 2.24) is 4.98 Å². The molecule has 1 saturated carbocycles. The quantitative estimate of drug-likeness (QED) is 0.888. The number of carboxylic acid groups (broad SMARTS) is 1. The fraction of sp³-hybridized carbons (Fsp3) is 0.429. The van der Waals surface area contributed by atoms with Crippen molar-refractivity contribution in [1.29, 1.82) is 0 Å². The summed E-state index contributed by atoms with van der Waals surface area (Å²) in [6, 6.07) is 6.00. The lowest BCUT2D eigenvalue weighted by molar-refractivity contribution is -0.142. The van der Waals surface area contributed by atoms with E-state index in [1.54, 1.807) is 11.3 Å². The van der Waals surface area contributed by atoms with E-state index >= 15 is 0 Å². The van der Waals surface area contributed by atoms with Gasteiger partial charge in [-0.1, -0.05) is 22.9 Å². The summed E-state index contributed by atoms with van der Waals surface area (Å²) < 4.78 is 2.15. The van der Waals surface area contributed by atoms with Crippen LogP contribution in [-0.2, 0) is 4.79 Å². The molecule has 0 saturated heterocycles. The number of benzene rings is 1. The average Bonchev–Trinajstić information content (AvgIpc) is 2.91. The van der Waals surface area contributed by atoms with Gasteiger partial charge in [0.05, 0.1) is 21.1 Å². The monoisotopic (exact) mass is 339 g/mol. The van der Waals surface area contributed by atoms with Gasteiger partial charge in [0.15, 0.2) is 0 Å². The molecule has 0 amide bonds. The summed E-state index contributed by atoms with van der Waals surface area (Å²) in [6.07, 6.45) is 1.69. The fourth-order valence-electron chi connectivity index (χ4n) is 2.91. The second-order valence-corrected chi connectivity index (χ2v) is 7.27. The van der Waals surface area contributed by atoms with Crippen molar-refractivity contribution in [3.63, 3.8) is 0 Å². The van der Waals surface area contributed by atoms with Crippen LogP contribution in [-0.4, -0.2) is 16.1 Å². The maximum absolute atomic E-state index is 11.4. The lowest BCUT2D eigenvalue weighted by atomic mass is 9.97. The van der Waals surface area contributed by atoms with Crippen LogP contribution in [0.4, 0.5) is 0 Å². The third-order valence-corrected chi connectivity index (χ3v) is 5.44. The molecule has 19 heavy (non-hydrogen) atoms. The number of halogens is 1. The van der Waals surface area contributed by atoms with E-state index < -0.39 is 5.97 Å². The van der Waals surface area contributed by atoms with E-state index in [0.29, 0.717) is 5.92 Å². The van der Waals surface area contributed by atoms with Gasteiger partial charge in [-0.3, -0.25) is 4.79 Å². The Morgan fingerprint density at radius 1 is 1.47 bits per heavy atom. The van der Waals surface area contributed by atoms with Crippen molar-refractivity contribution >= 4 is 43.5 Å². The molecule has 1 aliphatic carbocycles. The van der Waals surface area contributed by atoms with Crippen LogP contribution in [0.2, 0.25) is 0 Å². The second-order valence-electron chi connectivity index (χ2n) is 5.29. The van der Waals surface area contributed by atoms with Gasteiger partial charge in [0.2, 0.25) is 0 Å². The number of thiazole rings is 1. The predicted molar refractivity (Wildman–Crippen MR) is 79.6 cm³/mol. The summed E-state index contributed by atoms with van der Waals surface area (Å²) in [4.78, 5) is 16.0. The molecule has 100 valence electrons. The summed E-state index contributed by atoms with van der Waals surface area (Å²) in [6.45, 7) is 2.12. The standard InChI is InChI=1S/C14H14BrNO2S/c1-7-4-9(10(5-7)14(17)18)13-16-11-3-2-8(15)6-12(11)19-13/h2-3,6-7,9-10H,4-5H2,1H3,(H,17,18). The van der Waals surface area contributed by atoms with Crippen molar-refractivity contribution in [3.8, 4) is 0 Å². The number of fused-ring (bicyclic) bond motifs is 1. The van der Waals surface area contributed by atoms with Gasteiger partial charge in [-0.25, -0.2) is 4.98 Å². The van der Waals surface area contributed by atoms with Crippen molar-refractivity contribution < 1.29 is 9.90 Å². The van der Waals surface area contributed by atoms with Gasteiger partial charge in [0.25, 0.3) is 0 Å². The number of rotatable bonds is 2. The molecular weight excluding hydrogens is 326 g/mol. The van der Waals surface area contributed by atoms with Crippen LogP contribution >= 0.6 is 27.3 Å². The first-order valence-electron chi connectivity index (χ1n) is 6.33. The van der Waals surface area contributed by atoms with Gasteiger partial charge in [-0.05, 0) is 37.0 Å². The lowest BCUT2D eigenvalue weighted by Crippen LogP contribution is -2.16. The van der Waals surface area contributed by atoms with Gasteiger partial charge in [-0.15, -0.1) is 11.3 Å². The molecular formula is C14H14BrNO2S. The van der Waals surface area contributed by atoms with E-state index in [4.69, 9.17) is 0 Å². The van der Waals surface area contributed by atoms with Gasteiger partial charge < -0.3 is 5.11 Å². The average molecular weight is 340 g/mol. The first-order valence-corrected chi connectivity index (χ1v) is 7.94. The van der Waals surface area contributed by atoms with Crippen molar-refractivity contribution in [2.45, 2.75) is 25.7 Å². The van der Waals surface area contributed by atoms with E-state index in [0.717, 1.165) is 32.5 Å². The van der Waals surface area contributed by atoms with E-state index in [1.165, 1.54) is 0 Å². The zero-order chi connectivity index (χ0) is 13.6.